The molecule has 0 bridgehead atoms. The number of pyridine rings is 1. The summed E-state index contributed by atoms with van der Waals surface area (Å²) in [7, 11) is -1.26. The Labute approximate surface area is 129 Å². The zero-order valence-corrected chi connectivity index (χ0v) is 12.6. The van der Waals surface area contributed by atoms with Crippen LogP contribution in [0.1, 0.15) is 0 Å². The number of nitrogens with one attached hydrogen (secondary N) is 1. The second-order valence-electron chi connectivity index (χ2n) is 3.16. The molecule has 5 nitrogen and oxygen atoms in total. The Kier molecular flexibility index (Phi) is 6.14. The maximum atomic E-state index is 12.1. The van der Waals surface area contributed by atoms with Gasteiger partial charge in [-0.25, -0.2) is 14.6 Å². The molecule has 2 rings (SSSR count). The van der Waals surface area contributed by atoms with Gasteiger partial charge in [-0.15, -0.1) is 4.91 Å². The maximum Gasteiger partial charge on any atom is 0.148 e. The normalized spacial score (nSPS) is 11.1. The van der Waals surface area contributed by atoms with Crippen molar-refractivity contribution in [2.75, 3.05) is 5.43 Å². The quantitative estimate of drug-likeness (QED) is 0.523. The van der Waals surface area contributed by atoms with Gasteiger partial charge in [0.05, 0.1) is 21.0 Å². The van der Waals surface area contributed by atoms with Crippen LogP contribution in [-0.4, -0.2) is 38.8 Å². The van der Waals surface area contributed by atoms with Crippen LogP contribution in [0.2, 0.25) is 0 Å². The van der Waals surface area contributed by atoms with Crippen LogP contribution in [0.15, 0.2) is 63.7 Å². The Balaban J connectivity index is 0.00000162. The third kappa shape index (κ3) is 3.71. The molecule has 87 valence electrons. The van der Waals surface area contributed by atoms with E-state index in [0.29, 0.717) is 15.6 Å². The molecule has 1 unspecified atom stereocenters. The molecule has 1 heterocycles. The standard InChI is InChI=1S/C11H9N3O2S.Na/c15-14-13-11-7-6-10(8-12-11)17(16)9-4-2-1-3-5-9;/h1-8H,(H,12,13,15);. The van der Waals surface area contributed by atoms with Gasteiger partial charge in [0.15, 0.2) is 0 Å². The van der Waals surface area contributed by atoms with E-state index in [9.17, 15) is 9.12 Å². The van der Waals surface area contributed by atoms with Crippen LogP contribution in [0, 0.1) is 4.91 Å². The van der Waals surface area contributed by atoms with E-state index in [1.807, 2.05) is 18.2 Å². The Morgan fingerprint density at radius 3 is 2.33 bits per heavy atom. The largest absolute Gasteiger partial charge is 0.249 e. The number of nitroso groups, excluding NO2 is 1. The maximum absolute atomic E-state index is 12.1. The van der Waals surface area contributed by atoms with E-state index < -0.39 is 10.8 Å². The third-order valence-corrected chi connectivity index (χ3v) is 3.44. The summed E-state index contributed by atoms with van der Waals surface area (Å²) in [6.45, 7) is 0. The average molecular weight is 270 g/mol. The smallest absolute Gasteiger partial charge is 0.148 e. The van der Waals surface area contributed by atoms with Crippen LogP contribution >= 0.6 is 0 Å². The Hall–Kier alpha value is -1.08. The number of hydrogen-bond acceptors (Lipinski definition) is 4. The minimum absolute atomic E-state index is 0. The molecule has 1 aromatic carbocycles. The number of nitrogens with zero attached hydrogens (tertiary/aromatic N) is 2. The van der Waals surface area contributed by atoms with Crippen molar-refractivity contribution in [2.24, 2.45) is 5.29 Å². The zero-order valence-electron chi connectivity index (χ0n) is 9.74. The van der Waals surface area contributed by atoms with Crippen molar-refractivity contribution >= 4 is 46.2 Å². The summed E-state index contributed by atoms with van der Waals surface area (Å²) in [6, 6.07) is 12.3. The first-order valence-corrected chi connectivity index (χ1v) is 5.97. The van der Waals surface area contributed by atoms with Gasteiger partial charge in [-0.2, -0.15) is 0 Å². The minimum Gasteiger partial charge on any atom is -0.249 e. The van der Waals surface area contributed by atoms with E-state index in [1.165, 1.54) is 6.20 Å². The SMILES string of the molecule is O=NNc1ccc(S(=O)c2ccccc2)cn1.[Na]. The molecule has 0 spiro atoms. The van der Waals surface area contributed by atoms with E-state index in [2.05, 4.69) is 15.7 Å². The van der Waals surface area contributed by atoms with E-state index >= 15 is 0 Å². The van der Waals surface area contributed by atoms with E-state index in [0.717, 1.165) is 0 Å². The number of hydrogen-bond donors (Lipinski definition) is 1. The number of benzene rings is 1. The summed E-state index contributed by atoms with van der Waals surface area (Å²) >= 11 is 0. The molecule has 1 radical (unpaired) electrons. The van der Waals surface area contributed by atoms with Crippen molar-refractivity contribution in [3.63, 3.8) is 0 Å². The van der Waals surface area contributed by atoms with Gasteiger partial charge in [0.1, 0.15) is 5.82 Å². The fourth-order valence-corrected chi connectivity index (χ4v) is 2.30. The van der Waals surface area contributed by atoms with Gasteiger partial charge in [0.2, 0.25) is 0 Å². The molecule has 2 aromatic rings. The predicted octanol–water partition coefficient (Wildman–Crippen LogP) is 1.96. The van der Waals surface area contributed by atoms with E-state index in [-0.39, 0.29) is 29.6 Å². The zero-order chi connectivity index (χ0) is 12.1. The second-order valence-corrected chi connectivity index (χ2v) is 4.64. The van der Waals surface area contributed by atoms with Gasteiger partial charge in [-0.1, -0.05) is 18.2 Å². The molecule has 0 fully saturated rings. The van der Waals surface area contributed by atoms with Crippen LogP contribution in [0.3, 0.4) is 0 Å². The molecule has 7 heteroatoms. The Morgan fingerprint density at radius 1 is 1.06 bits per heavy atom. The number of aromatic nitrogens is 1. The van der Waals surface area contributed by atoms with Gasteiger partial charge in [0, 0.05) is 40.6 Å². The van der Waals surface area contributed by atoms with Crippen LogP contribution < -0.4 is 5.43 Å². The van der Waals surface area contributed by atoms with Gasteiger partial charge in [-0.3, -0.25) is 0 Å². The summed E-state index contributed by atoms with van der Waals surface area (Å²) in [5.74, 6) is 0.328. The first kappa shape index (κ1) is 15.0. The van der Waals surface area contributed by atoms with Crippen LogP contribution in [0.5, 0.6) is 0 Å². The van der Waals surface area contributed by atoms with Crippen molar-refractivity contribution in [2.45, 2.75) is 9.79 Å². The van der Waals surface area contributed by atoms with E-state index in [4.69, 9.17) is 0 Å². The fourth-order valence-electron chi connectivity index (χ4n) is 1.28. The van der Waals surface area contributed by atoms with Gasteiger partial charge >= 0.3 is 0 Å². The molecule has 0 aliphatic carbocycles. The molecule has 1 N–H and O–H groups in total. The van der Waals surface area contributed by atoms with Crippen molar-refractivity contribution in [3.8, 4) is 0 Å². The van der Waals surface area contributed by atoms with Crippen LogP contribution in [-0.2, 0) is 10.8 Å². The Morgan fingerprint density at radius 2 is 1.78 bits per heavy atom. The topological polar surface area (TPSA) is 71.4 Å². The summed E-state index contributed by atoms with van der Waals surface area (Å²) in [6.07, 6.45) is 1.45. The molecule has 1 aromatic heterocycles. The predicted molar refractivity (Wildman–Crippen MR) is 70.5 cm³/mol. The first-order chi connectivity index (χ1) is 8.31. The van der Waals surface area contributed by atoms with Crippen molar-refractivity contribution < 1.29 is 4.21 Å². The molecule has 0 saturated heterocycles. The number of rotatable bonds is 4. The molecule has 1 atom stereocenters. The molecule has 0 saturated carbocycles. The minimum atomic E-state index is -1.26. The summed E-state index contributed by atoms with van der Waals surface area (Å²) in [5, 5.41) is 2.50. The molecular formula is C11H9N3NaO2S. The van der Waals surface area contributed by atoms with Crippen LogP contribution in [0.4, 0.5) is 5.82 Å². The van der Waals surface area contributed by atoms with E-state index in [1.54, 1.807) is 24.3 Å². The monoisotopic (exact) mass is 270 g/mol. The fraction of sp³-hybridized carbons (Fsp3) is 0. The van der Waals surface area contributed by atoms with Crippen molar-refractivity contribution in [1.29, 1.82) is 0 Å². The van der Waals surface area contributed by atoms with Crippen molar-refractivity contribution in [1.82, 2.24) is 4.98 Å². The summed E-state index contributed by atoms with van der Waals surface area (Å²) in [5.41, 5.74) is 2.17. The van der Waals surface area contributed by atoms with Gasteiger partial charge < -0.3 is 0 Å². The first-order valence-electron chi connectivity index (χ1n) is 4.82. The molecule has 0 amide bonds. The van der Waals surface area contributed by atoms with Gasteiger partial charge in [-0.05, 0) is 24.3 Å². The van der Waals surface area contributed by atoms with Crippen LogP contribution in [0.25, 0.3) is 0 Å². The van der Waals surface area contributed by atoms with Gasteiger partial charge in [0.25, 0.3) is 0 Å². The summed E-state index contributed by atoms with van der Waals surface area (Å²) in [4.78, 5) is 15.2. The number of anilines is 1. The second kappa shape index (κ2) is 7.38. The molecular weight excluding hydrogens is 261 g/mol. The summed E-state index contributed by atoms with van der Waals surface area (Å²) < 4.78 is 12.1. The Bertz CT molecular complexity index is 534. The molecule has 0 aliphatic heterocycles. The average Bonchev–Trinajstić information content (AvgIpc) is 2.40. The third-order valence-electron chi connectivity index (χ3n) is 2.07. The molecule has 0 aliphatic rings. The van der Waals surface area contributed by atoms with Crippen molar-refractivity contribution in [3.05, 3.63) is 53.6 Å². The molecule has 18 heavy (non-hydrogen) atoms.